The van der Waals surface area contributed by atoms with E-state index in [1.165, 1.54) is 12.0 Å². The zero-order valence-corrected chi connectivity index (χ0v) is 14.4. The highest BCUT2D eigenvalue weighted by Gasteiger charge is 2.35. The Morgan fingerprint density at radius 1 is 1.25 bits per heavy atom. The molecule has 0 amide bonds. The Labute approximate surface area is 128 Å². The van der Waals surface area contributed by atoms with Crippen LogP contribution in [0.4, 0.5) is 0 Å². The molecule has 1 unspecified atom stereocenters. The topological polar surface area (TPSA) is 21.3 Å². The zero-order valence-electron chi connectivity index (χ0n) is 13.6. The number of aryl methyl sites for hydroxylation is 1. The van der Waals surface area contributed by atoms with Crippen LogP contribution in [0.3, 0.4) is 0 Å². The van der Waals surface area contributed by atoms with Gasteiger partial charge >= 0.3 is 0 Å². The minimum atomic E-state index is -0.0139. The number of hydrogen-bond acceptors (Lipinski definition) is 3. The van der Waals surface area contributed by atoms with Crippen molar-refractivity contribution in [2.24, 2.45) is 0 Å². The SMILES string of the molecule is CCCNC(CCc1ccsc1)C(CC)(CC)OCC. The van der Waals surface area contributed by atoms with Crippen LogP contribution in [-0.4, -0.2) is 24.8 Å². The maximum atomic E-state index is 6.20. The number of rotatable bonds is 11. The van der Waals surface area contributed by atoms with E-state index in [0.717, 1.165) is 38.8 Å². The van der Waals surface area contributed by atoms with Gasteiger partial charge in [0.1, 0.15) is 0 Å². The Kier molecular flexibility index (Phi) is 8.43. The zero-order chi connectivity index (χ0) is 14.8. The summed E-state index contributed by atoms with van der Waals surface area (Å²) >= 11 is 1.79. The third kappa shape index (κ3) is 4.87. The fourth-order valence-corrected chi connectivity index (χ4v) is 3.65. The number of hydrogen-bond donors (Lipinski definition) is 1. The maximum Gasteiger partial charge on any atom is 0.0829 e. The third-order valence-corrected chi connectivity index (χ3v) is 4.94. The molecule has 1 atom stereocenters. The third-order valence-electron chi connectivity index (χ3n) is 4.21. The molecule has 116 valence electrons. The molecule has 0 fully saturated rings. The highest BCUT2D eigenvalue weighted by Crippen LogP contribution is 2.28. The summed E-state index contributed by atoms with van der Waals surface area (Å²) in [7, 11) is 0. The van der Waals surface area contributed by atoms with Crippen molar-refractivity contribution in [1.29, 1.82) is 0 Å². The molecule has 0 bridgehead atoms. The van der Waals surface area contributed by atoms with Crippen molar-refractivity contribution < 1.29 is 4.74 Å². The van der Waals surface area contributed by atoms with Gasteiger partial charge in [-0.25, -0.2) is 0 Å². The lowest BCUT2D eigenvalue weighted by Crippen LogP contribution is -2.52. The van der Waals surface area contributed by atoms with Gasteiger partial charge in [-0.2, -0.15) is 11.3 Å². The van der Waals surface area contributed by atoms with E-state index in [1.54, 1.807) is 11.3 Å². The molecule has 0 saturated heterocycles. The molecule has 0 saturated carbocycles. The Balaban J connectivity index is 2.73. The molecule has 1 N–H and O–H groups in total. The van der Waals surface area contributed by atoms with Gasteiger partial charge in [0.2, 0.25) is 0 Å². The van der Waals surface area contributed by atoms with E-state index in [0.29, 0.717) is 6.04 Å². The fraction of sp³-hybridized carbons (Fsp3) is 0.765. The average molecular weight is 298 g/mol. The number of nitrogens with one attached hydrogen (secondary N) is 1. The van der Waals surface area contributed by atoms with Crippen LogP contribution in [0, 0.1) is 0 Å². The average Bonchev–Trinajstić information content (AvgIpc) is 2.99. The van der Waals surface area contributed by atoms with Crippen LogP contribution in [0.15, 0.2) is 16.8 Å². The molecule has 20 heavy (non-hydrogen) atoms. The van der Waals surface area contributed by atoms with Gasteiger partial charge in [0.15, 0.2) is 0 Å². The summed E-state index contributed by atoms with van der Waals surface area (Å²) in [5.41, 5.74) is 1.44. The van der Waals surface area contributed by atoms with E-state index in [-0.39, 0.29) is 5.60 Å². The molecule has 1 aromatic heterocycles. The molecular formula is C17H31NOS. The molecule has 0 radical (unpaired) electrons. The van der Waals surface area contributed by atoms with Crippen molar-refractivity contribution in [2.75, 3.05) is 13.2 Å². The van der Waals surface area contributed by atoms with Crippen molar-refractivity contribution in [2.45, 2.75) is 71.4 Å². The van der Waals surface area contributed by atoms with E-state index in [1.807, 2.05) is 0 Å². The summed E-state index contributed by atoms with van der Waals surface area (Å²) < 4.78 is 6.20. The lowest BCUT2D eigenvalue weighted by Gasteiger charge is -2.40. The summed E-state index contributed by atoms with van der Waals surface area (Å²) in [5.74, 6) is 0. The van der Waals surface area contributed by atoms with Crippen molar-refractivity contribution in [3.63, 3.8) is 0 Å². The highest BCUT2D eigenvalue weighted by molar-refractivity contribution is 7.07. The van der Waals surface area contributed by atoms with Crippen molar-refractivity contribution >= 4 is 11.3 Å². The first-order chi connectivity index (χ1) is 9.72. The van der Waals surface area contributed by atoms with Crippen LogP contribution in [-0.2, 0) is 11.2 Å². The first-order valence-electron chi connectivity index (χ1n) is 8.10. The number of ether oxygens (including phenoxy) is 1. The van der Waals surface area contributed by atoms with Gasteiger partial charge < -0.3 is 10.1 Å². The van der Waals surface area contributed by atoms with Gasteiger partial charge in [0.25, 0.3) is 0 Å². The molecule has 0 spiro atoms. The van der Waals surface area contributed by atoms with Crippen molar-refractivity contribution in [3.8, 4) is 0 Å². The van der Waals surface area contributed by atoms with Crippen LogP contribution >= 0.6 is 11.3 Å². The summed E-state index contributed by atoms with van der Waals surface area (Å²) in [5, 5.41) is 8.16. The van der Waals surface area contributed by atoms with Gasteiger partial charge in [-0.1, -0.05) is 20.8 Å². The summed E-state index contributed by atoms with van der Waals surface area (Å²) in [6, 6.07) is 2.68. The molecular weight excluding hydrogens is 266 g/mol. The predicted molar refractivity (Wildman–Crippen MR) is 89.7 cm³/mol. The minimum absolute atomic E-state index is 0.0139. The molecule has 0 aliphatic heterocycles. The van der Waals surface area contributed by atoms with E-state index in [4.69, 9.17) is 4.74 Å². The monoisotopic (exact) mass is 297 g/mol. The van der Waals surface area contributed by atoms with Gasteiger partial charge in [-0.3, -0.25) is 0 Å². The second kappa shape index (κ2) is 9.54. The highest BCUT2D eigenvalue weighted by atomic mass is 32.1. The lowest BCUT2D eigenvalue weighted by atomic mass is 9.84. The molecule has 1 heterocycles. The molecule has 2 nitrogen and oxygen atoms in total. The lowest BCUT2D eigenvalue weighted by molar-refractivity contribution is -0.0736. The number of thiophene rings is 1. The molecule has 0 aliphatic rings. The molecule has 0 aromatic carbocycles. The van der Waals surface area contributed by atoms with E-state index in [2.05, 4.69) is 49.8 Å². The molecule has 1 rings (SSSR count). The van der Waals surface area contributed by atoms with Crippen LogP contribution in [0.2, 0.25) is 0 Å². The van der Waals surface area contributed by atoms with Crippen molar-refractivity contribution in [1.82, 2.24) is 5.32 Å². The Hall–Kier alpha value is -0.380. The molecule has 1 aromatic rings. The largest absolute Gasteiger partial charge is 0.374 e. The van der Waals surface area contributed by atoms with Gasteiger partial charge in [0, 0.05) is 12.6 Å². The van der Waals surface area contributed by atoms with Crippen LogP contribution in [0.25, 0.3) is 0 Å². The Bertz CT molecular complexity index is 333. The smallest absolute Gasteiger partial charge is 0.0829 e. The predicted octanol–water partition coefficient (Wildman–Crippen LogP) is 4.64. The van der Waals surface area contributed by atoms with Crippen LogP contribution < -0.4 is 5.32 Å². The maximum absolute atomic E-state index is 6.20. The Morgan fingerprint density at radius 3 is 2.50 bits per heavy atom. The quantitative estimate of drug-likeness (QED) is 0.642. The first kappa shape index (κ1) is 17.7. The van der Waals surface area contributed by atoms with Crippen LogP contribution in [0.5, 0.6) is 0 Å². The summed E-state index contributed by atoms with van der Waals surface area (Å²) in [6.45, 7) is 10.7. The Morgan fingerprint density at radius 2 is 2.00 bits per heavy atom. The van der Waals surface area contributed by atoms with Gasteiger partial charge in [-0.15, -0.1) is 0 Å². The fourth-order valence-electron chi connectivity index (χ4n) is 2.95. The summed E-state index contributed by atoms with van der Waals surface area (Å²) in [6.07, 6.45) is 5.60. The van der Waals surface area contributed by atoms with Crippen molar-refractivity contribution in [3.05, 3.63) is 22.4 Å². The standard InChI is InChI=1S/C17H31NOS/c1-5-12-18-16(10-9-15-11-13-20-14-15)17(6-2,7-3)19-8-4/h11,13-14,16,18H,5-10,12H2,1-4H3. The van der Waals surface area contributed by atoms with Crippen LogP contribution in [0.1, 0.15) is 58.9 Å². The van der Waals surface area contributed by atoms with Gasteiger partial charge in [-0.05, 0) is 68.0 Å². The molecule has 0 aliphatic carbocycles. The second-order valence-electron chi connectivity index (χ2n) is 5.38. The normalized spacial score (nSPS) is 13.6. The molecule has 3 heteroatoms. The second-order valence-corrected chi connectivity index (χ2v) is 6.16. The first-order valence-corrected chi connectivity index (χ1v) is 9.05. The van der Waals surface area contributed by atoms with E-state index < -0.39 is 0 Å². The van der Waals surface area contributed by atoms with E-state index >= 15 is 0 Å². The minimum Gasteiger partial charge on any atom is -0.374 e. The van der Waals surface area contributed by atoms with E-state index in [9.17, 15) is 0 Å². The summed E-state index contributed by atoms with van der Waals surface area (Å²) in [4.78, 5) is 0. The van der Waals surface area contributed by atoms with Gasteiger partial charge in [0.05, 0.1) is 5.60 Å².